The van der Waals surface area contributed by atoms with E-state index in [2.05, 4.69) is 33.1 Å². The number of fused-ring (bicyclic) bond motifs is 3. The van der Waals surface area contributed by atoms with Gasteiger partial charge in [0.15, 0.2) is 5.17 Å². The second kappa shape index (κ2) is 7.04. The number of amidine groups is 1. The number of rotatable bonds is 0. The number of thioether (sulfide) groups is 1. The summed E-state index contributed by atoms with van der Waals surface area (Å²) in [7, 11) is 0. The van der Waals surface area contributed by atoms with E-state index < -0.39 is 0 Å². The van der Waals surface area contributed by atoms with Gasteiger partial charge in [-0.25, -0.2) is 0 Å². The molecular weight excluding hydrogens is 398 g/mol. The lowest BCUT2D eigenvalue weighted by atomic mass is 9.85. The molecule has 1 amide bonds. The molecule has 30 heavy (non-hydrogen) atoms. The summed E-state index contributed by atoms with van der Waals surface area (Å²) in [6.07, 6.45) is 3.57. The molecule has 152 valence electrons. The number of carbonyl (C=O) groups is 1. The van der Waals surface area contributed by atoms with Gasteiger partial charge >= 0.3 is 0 Å². The number of ether oxygens (including phenoxy) is 2. The first-order valence-corrected chi connectivity index (χ1v) is 11.1. The molecule has 6 nitrogen and oxygen atoms in total. The fraction of sp³-hybridized carbons (Fsp3) is 0.348. The third kappa shape index (κ3) is 2.84. The third-order valence-corrected chi connectivity index (χ3v) is 7.57. The van der Waals surface area contributed by atoms with E-state index in [4.69, 9.17) is 9.47 Å². The molecule has 0 bridgehead atoms. The van der Waals surface area contributed by atoms with Gasteiger partial charge in [0.1, 0.15) is 0 Å². The number of likely N-dealkylation sites (tertiary alicyclic amines) is 1. The third-order valence-electron chi connectivity index (χ3n) is 6.41. The number of hydrogen-bond donors (Lipinski definition) is 0. The summed E-state index contributed by atoms with van der Waals surface area (Å²) < 4.78 is 11.9. The highest BCUT2D eigenvalue weighted by molar-refractivity contribution is 8.18. The zero-order chi connectivity index (χ0) is 20.1. The summed E-state index contributed by atoms with van der Waals surface area (Å²) in [4.78, 5) is 24.6. The van der Waals surface area contributed by atoms with Gasteiger partial charge in [-0.1, -0.05) is 30.3 Å². The molecule has 0 radical (unpaired) electrons. The summed E-state index contributed by atoms with van der Waals surface area (Å²) in [6, 6.07) is 12.3. The molecule has 1 aromatic heterocycles. The van der Waals surface area contributed by atoms with E-state index >= 15 is 0 Å². The van der Waals surface area contributed by atoms with Crippen molar-refractivity contribution in [1.82, 2.24) is 9.88 Å². The molecule has 1 spiro atoms. The van der Waals surface area contributed by atoms with Gasteiger partial charge in [0.25, 0.3) is 5.91 Å². The molecule has 2 aromatic rings. The number of piperidine rings is 1. The van der Waals surface area contributed by atoms with Crippen molar-refractivity contribution < 1.29 is 14.3 Å². The number of benzene rings is 1. The topological polar surface area (TPSA) is 64.0 Å². The Balaban J connectivity index is 1.22. The van der Waals surface area contributed by atoms with Crippen LogP contribution < -0.4 is 0 Å². The van der Waals surface area contributed by atoms with Crippen molar-refractivity contribution in [2.24, 2.45) is 4.99 Å². The second-order valence-corrected chi connectivity index (χ2v) is 9.00. The minimum absolute atomic E-state index is 0.155. The van der Waals surface area contributed by atoms with Gasteiger partial charge in [-0.05, 0) is 41.8 Å². The fourth-order valence-electron chi connectivity index (χ4n) is 4.82. The standard InChI is InChI=1S/C23H21N3O3S/c27-21-20(17-13-28-12-15-4-1-2-5-16(15)17)30-22(25-21)26-10-7-23(8-11-26)18-6-3-9-24-19(18)14-29-23/h1-6,9H,7-8,10-14H2. The van der Waals surface area contributed by atoms with E-state index in [1.54, 1.807) is 0 Å². The van der Waals surface area contributed by atoms with E-state index in [9.17, 15) is 4.79 Å². The van der Waals surface area contributed by atoms with Crippen LogP contribution in [0.5, 0.6) is 0 Å². The average molecular weight is 420 g/mol. The van der Waals surface area contributed by atoms with Crippen molar-refractivity contribution in [3.63, 3.8) is 0 Å². The first-order chi connectivity index (χ1) is 14.7. The maximum atomic E-state index is 12.8. The summed E-state index contributed by atoms with van der Waals surface area (Å²) in [5, 5.41) is 0.796. The van der Waals surface area contributed by atoms with Crippen LogP contribution in [0.15, 0.2) is 52.5 Å². The van der Waals surface area contributed by atoms with Crippen LogP contribution in [0, 0.1) is 0 Å². The van der Waals surface area contributed by atoms with Gasteiger partial charge in [0, 0.05) is 30.4 Å². The van der Waals surface area contributed by atoms with E-state index in [1.165, 1.54) is 17.3 Å². The lowest BCUT2D eigenvalue weighted by molar-refractivity contribution is -0.113. The lowest BCUT2D eigenvalue weighted by Gasteiger charge is -2.39. The summed E-state index contributed by atoms with van der Waals surface area (Å²) >= 11 is 1.48. The number of hydrogen-bond acceptors (Lipinski definition) is 6. The number of carbonyl (C=O) groups excluding carboxylic acids is 1. The van der Waals surface area contributed by atoms with Gasteiger partial charge in [-0.2, -0.15) is 4.99 Å². The maximum absolute atomic E-state index is 12.8. The number of pyridine rings is 1. The van der Waals surface area contributed by atoms with E-state index in [0.29, 0.717) is 24.7 Å². The first-order valence-electron chi connectivity index (χ1n) is 10.3. The average Bonchev–Trinajstić information content (AvgIpc) is 3.35. The number of aromatic nitrogens is 1. The Labute approximate surface area is 179 Å². The predicted octanol–water partition coefficient (Wildman–Crippen LogP) is 3.47. The summed E-state index contributed by atoms with van der Waals surface area (Å²) in [5.74, 6) is -0.155. The maximum Gasteiger partial charge on any atom is 0.286 e. The lowest BCUT2D eigenvalue weighted by Crippen LogP contribution is -2.44. The van der Waals surface area contributed by atoms with Crippen molar-refractivity contribution in [2.75, 3.05) is 19.7 Å². The Morgan fingerprint density at radius 1 is 1.03 bits per heavy atom. The van der Waals surface area contributed by atoms with Gasteiger partial charge in [-0.15, -0.1) is 0 Å². The molecule has 5 heterocycles. The number of aliphatic imine (C=N–C) groups is 1. The summed E-state index contributed by atoms with van der Waals surface area (Å²) in [5.41, 5.74) is 5.22. The molecule has 0 aliphatic carbocycles. The van der Waals surface area contributed by atoms with Crippen molar-refractivity contribution in [3.8, 4) is 0 Å². The number of amides is 1. The van der Waals surface area contributed by atoms with Crippen LogP contribution >= 0.6 is 11.8 Å². The van der Waals surface area contributed by atoms with Crippen LogP contribution in [0.1, 0.15) is 35.2 Å². The zero-order valence-corrected chi connectivity index (χ0v) is 17.3. The fourth-order valence-corrected chi connectivity index (χ4v) is 5.86. The van der Waals surface area contributed by atoms with E-state index in [0.717, 1.165) is 53.5 Å². The minimum Gasteiger partial charge on any atom is -0.372 e. The van der Waals surface area contributed by atoms with Crippen molar-refractivity contribution >= 4 is 28.4 Å². The number of nitrogens with zero attached hydrogens (tertiary/aromatic N) is 3. The minimum atomic E-state index is -0.245. The van der Waals surface area contributed by atoms with Crippen molar-refractivity contribution in [3.05, 3.63) is 69.9 Å². The molecule has 1 fully saturated rings. The smallest absolute Gasteiger partial charge is 0.286 e. The quantitative estimate of drug-likeness (QED) is 0.610. The van der Waals surface area contributed by atoms with Crippen LogP contribution in [0.4, 0.5) is 0 Å². The molecular formula is C23H21N3O3S. The SMILES string of the molecule is O=C1N=C(N2CCC3(CC2)OCc2ncccc23)SC1=C1COCc2ccccc21. The molecule has 4 aliphatic rings. The molecule has 0 unspecified atom stereocenters. The molecule has 4 aliphatic heterocycles. The molecule has 7 heteroatoms. The van der Waals surface area contributed by atoms with Gasteiger partial charge < -0.3 is 14.4 Å². The van der Waals surface area contributed by atoms with Crippen LogP contribution in [0.2, 0.25) is 0 Å². The Morgan fingerprint density at radius 3 is 2.80 bits per heavy atom. The van der Waals surface area contributed by atoms with Crippen molar-refractivity contribution in [2.45, 2.75) is 31.7 Å². The normalized spacial score (nSPS) is 24.7. The highest BCUT2D eigenvalue weighted by Gasteiger charge is 2.44. The van der Waals surface area contributed by atoms with Crippen molar-refractivity contribution in [1.29, 1.82) is 0 Å². The molecule has 0 saturated carbocycles. The summed E-state index contributed by atoms with van der Waals surface area (Å²) in [6.45, 7) is 3.24. The van der Waals surface area contributed by atoms with Crippen LogP contribution in [0.3, 0.4) is 0 Å². The molecule has 1 aromatic carbocycles. The first kappa shape index (κ1) is 18.3. The van der Waals surface area contributed by atoms with Gasteiger partial charge in [0.2, 0.25) is 0 Å². The molecule has 6 rings (SSSR count). The molecule has 0 N–H and O–H groups in total. The Morgan fingerprint density at radius 2 is 1.90 bits per heavy atom. The van der Waals surface area contributed by atoms with Crippen LogP contribution in [-0.2, 0) is 33.1 Å². The molecule has 1 saturated heterocycles. The van der Waals surface area contributed by atoms with Crippen LogP contribution in [-0.4, -0.2) is 40.7 Å². The Hall–Kier alpha value is -2.48. The van der Waals surface area contributed by atoms with Gasteiger partial charge in [-0.3, -0.25) is 9.78 Å². The van der Waals surface area contributed by atoms with Crippen LogP contribution in [0.25, 0.3) is 5.57 Å². The Kier molecular flexibility index (Phi) is 4.30. The van der Waals surface area contributed by atoms with E-state index in [1.807, 2.05) is 24.4 Å². The largest absolute Gasteiger partial charge is 0.372 e. The highest BCUT2D eigenvalue weighted by Crippen LogP contribution is 2.45. The molecule has 0 atom stereocenters. The van der Waals surface area contributed by atoms with E-state index in [-0.39, 0.29) is 11.5 Å². The highest BCUT2D eigenvalue weighted by atomic mass is 32.2. The van der Waals surface area contributed by atoms with Gasteiger partial charge in [0.05, 0.1) is 36.0 Å². The second-order valence-electron chi connectivity index (χ2n) is 8.03. The monoisotopic (exact) mass is 419 g/mol. The zero-order valence-electron chi connectivity index (χ0n) is 16.5. The predicted molar refractivity (Wildman–Crippen MR) is 115 cm³/mol. The Bertz CT molecular complexity index is 1100.